The topological polar surface area (TPSA) is 103 Å². The average molecular weight is 272 g/mol. The summed E-state index contributed by atoms with van der Waals surface area (Å²) < 4.78 is 4.67. The van der Waals surface area contributed by atoms with Crippen LogP contribution < -0.4 is 5.73 Å². The number of carbonyl (C=O) groups is 2. The number of hydrogen-bond donors (Lipinski definition) is 2. The van der Waals surface area contributed by atoms with Gasteiger partial charge in [-0.1, -0.05) is 12.1 Å². The van der Waals surface area contributed by atoms with E-state index in [2.05, 4.69) is 9.72 Å². The standard InChI is InChI=1S/C14H12N2O4/c1-20-14(19)11-8(10-4-2-3-7-16-10)5-6-9(12(11)15)13(17)18/h2-7H,15H2,1H3,(H,17,18). The Hall–Kier alpha value is -2.89. The molecular weight excluding hydrogens is 260 g/mol. The van der Waals surface area contributed by atoms with Crippen LogP contribution >= 0.6 is 0 Å². The summed E-state index contributed by atoms with van der Waals surface area (Å²) in [4.78, 5) is 27.1. The van der Waals surface area contributed by atoms with E-state index in [9.17, 15) is 9.59 Å². The summed E-state index contributed by atoms with van der Waals surface area (Å²) >= 11 is 0. The van der Waals surface area contributed by atoms with Gasteiger partial charge in [-0.05, 0) is 18.2 Å². The van der Waals surface area contributed by atoms with Gasteiger partial charge in [-0.25, -0.2) is 9.59 Å². The number of pyridine rings is 1. The summed E-state index contributed by atoms with van der Waals surface area (Å²) in [7, 11) is 1.21. The van der Waals surface area contributed by atoms with Crippen LogP contribution in [0.5, 0.6) is 0 Å². The van der Waals surface area contributed by atoms with Crippen LogP contribution in [0.2, 0.25) is 0 Å². The number of nitrogens with zero attached hydrogens (tertiary/aromatic N) is 1. The number of aromatic nitrogens is 1. The number of nitrogen functional groups attached to an aromatic ring is 1. The molecule has 1 aromatic heterocycles. The van der Waals surface area contributed by atoms with Crippen LogP contribution in [-0.4, -0.2) is 29.1 Å². The summed E-state index contributed by atoms with van der Waals surface area (Å²) in [6.45, 7) is 0. The van der Waals surface area contributed by atoms with Crippen molar-refractivity contribution in [2.75, 3.05) is 12.8 Å². The highest BCUT2D eigenvalue weighted by Gasteiger charge is 2.22. The number of ether oxygens (including phenoxy) is 1. The maximum absolute atomic E-state index is 11.9. The highest BCUT2D eigenvalue weighted by atomic mass is 16.5. The molecule has 2 rings (SSSR count). The van der Waals surface area contributed by atoms with Gasteiger partial charge >= 0.3 is 11.9 Å². The molecule has 2 aromatic rings. The van der Waals surface area contributed by atoms with Crippen LogP contribution in [-0.2, 0) is 4.74 Å². The van der Waals surface area contributed by atoms with E-state index in [0.717, 1.165) is 0 Å². The Labute approximate surface area is 114 Å². The molecule has 1 heterocycles. The smallest absolute Gasteiger partial charge is 0.340 e. The lowest BCUT2D eigenvalue weighted by molar-refractivity contribution is 0.0603. The zero-order valence-electron chi connectivity index (χ0n) is 10.7. The molecule has 0 unspecified atom stereocenters. The lowest BCUT2D eigenvalue weighted by Crippen LogP contribution is -2.12. The third-order valence-corrected chi connectivity index (χ3v) is 2.81. The van der Waals surface area contributed by atoms with E-state index in [1.54, 1.807) is 24.4 Å². The van der Waals surface area contributed by atoms with Gasteiger partial charge in [0, 0.05) is 11.8 Å². The number of aromatic carboxylic acids is 1. The molecule has 20 heavy (non-hydrogen) atoms. The van der Waals surface area contributed by atoms with Crippen molar-refractivity contribution in [2.24, 2.45) is 0 Å². The van der Waals surface area contributed by atoms with Crippen molar-refractivity contribution in [3.8, 4) is 11.3 Å². The zero-order chi connectivity index (χ0) is 14.7. The molecule has 0 radical (unpaired) electrons. The second-order valence-electron chi connectivity index (χ2n) is 3.96. The number of esters is 1. The SMILES string of the molecule is COC(=O)c1c(-c2ccccn2)ccc(C(=O)O)c1N. The molecule has 102 valence electrons. The minimum atomic E-state index is -1.21. The molecule has 0 aliphatic carbocycles. The number of methoxy groups -OCH3 is 1. The molecular formula is C14H12N2O4. The predicted molar refractivity (Wildman–Crippen MR) is 72.4 cm³/mol. The number of benzene rings is 1. The molecule has 0 spiro atoms. The quantitative estimate of drug-likeness (QED) is 0.652. The van der Waals surface area contributed by atoms with Crippen molar-refractivity contribution in [1.29, 1.82) is 0 Å². The molecule has 0 amide bonds. The first-order valence-corrected chi connectivity index (χ1v) is 5.71. The van der Waals surface area contributed by atoms with E-state index in [0.29, 0.717) is 11.3 Å². The third-order valence-electron chi connectivity index (χ3n) is 2.81. The molecule has 0 atom stereocenters. The van der Waals surface area contributed by atoms with Crippen molar-refractivity contribution in [3.05, 3.63) is 47.7 Å². The fraction of sp³-hybridized carbons (Fsp3) is 0.0714. The molecule has 6 nitrogen and oxygen atoms in total. The first kappa shape index (κ1) is 13.5. The maximum Gasteiger partial charge on any atom is 0.340 e. The zero-order valence-corrected chi connectivity index (χ0v) is 10.7. The van der Waals surface area contributed by atoms with E-state index in [1.807, 2.05) is 0 Å². The number of carboxylic acids is 1. The van der Waals surface area contributed by atoms with Gasteiger partial charge < -0.3 is 15.6 Å². The molecule has 1 aromatic carbocycles. The van der Waals surface area contributed by atoms with Gasteiger partial charge in [-0.15, -0.1) is 0 Å². The van der Waals surface area contributed by atoms with E-state index in [-0.39, 0.29) is 16.8 Å². The number of anilines is 1. The molecule has 0 bridgehead atoms. The van der Waals surface area contributed by atoms with Crippen molar-refractivity contribution in [2.45, 2.75) is 0 Å². The molecule has 0 saturated heterocycles. The van der Waals surface area contributed by atoms with Crippen LogP contribution in [0.3, 0.4) is 0 Å². The lowest BCUT2D eigenvalue weighted by Gasteiger charge is -2.12. The Morgan fingerprint density at radius 2 is 2.00 bits per heavy atom. The fourth-order valence-corrected chi connectivity index (χ4v) is 1.86. The van der Waals surface area contributed by atoms with Crippen molar-refractivity contribution < 1.29 is 19.4 Å². The van der Waals surface area contributed by atoms with Gasteiger partial charge in [0.15, 0.2) is 0 Å². The van der Waals surface area contributed by atoms with Gasteiger partial charge in [0.2, 0.25) is 0 Å². The Bertz CT molecular complexity index is 668. The number of rotatable bonds is 3. The Kier molecular flexibility index (Phi) is 3.65. The summed E-state index contributed by atoms with van der Waals surface area (Å²) in [5.41, 5.74) is 6.46. The summed E-state index contributed by atoms with van der Waals surface area (Å²) in [6.07, 6.45) is 1.57. The molecule has 3 N–H and O–H groups in total. The van der Waals surface area contributed by atoms with Gasteiger partial charge in [-0.2, -0.15) is 0 Å². The Morgan fingerprint density at radius 3 is 2.55 bits per heavy atom. The molecule has 0 saturated carbocycles. The maximum atomic E-state index is 11.9. The predicted octanol–water partition coefficient (Wildman–Crippen LogP) is 1.82. The van der Waals surface area contributed by atoms with Crippen LogP contribution in [0, 0.1) is 0 Å². The minimum Gasteiger partial charge on any atom is -0.478 e. The van der Waals surface area contributed by atoms with Crippen molar-refractivity contribution >= 4 is 17.6 Å². The highest BCUT2D eigenvalue weighted by molar-refractivity contribution is 6.07. The highest BCUT2D eigenvalue weighted by Crippen LogP contribution is 2.29. The summed E-state index contributed by atoms with van der Waals surface area (Å²) in [6, 6.07) is 8.02. The molecule has 6 heteroatoms. The van der Waals surface area contributed by atoms with E-state index >= 15 is 0 Å². The summed E-state index contributed by atoms with van der Waals surface area (Å²) in [5, 5.41) is 9.06. The second kappa shape index (κ2) is 5.40. The van der Waals surface area contributed by atoms with Gasteiger partial charge in [-0.3, -0.25) is 4.98 Å². The first-order chi connectivity index (χ1) is 9.56. The van der Waals surface area contributed by atoms with Gasteiger partial charge in [0.05, 0.1) is 29.6 Å². The van der Waals surface area contributed by atoms with E-state index in [4.69, 9.17) is 10.8 Å². The lowest BCUT2D eigenvalue weighted by atomic mass is 9.98. The van der Waals surface area contributed by atoms with Crippen LogP contribution in [0.15, 0.2) is 36.5 Å². The first-order valence-electron chi connectivity index (χ1n) is 5.71. The van der Waals surface area contributed by atoms with E-state index < -0.39 is 11.9 Å². The van der Waals surface area contributed by atoms with Crippen LogP contribution in [0.1, 0.15) is 20.7 Å². The minimum absolute atomic E-state index is 0.00565. The van der Waals surface area contributed by atoms with Crippen molar-refractivity contribution in [3.63, 3.8) is 0 Å². The molecule has 0 aliphatic heterocycles. The molecule has 0 fully saturated rings. The number of carbonyl (C=O) groups excluding carboxylic acids is 1. The molecule has 0 aliphatic rings. The van der Waals surface area contributed by atoms with Crippen LogP contribution in [0.4, 0.5) is 5.69 Å². The Morgan fingerprint density at radius 1 is 1.25 bits per heavy atom. The monoisotopic (exact) mass is 272 g/mol. The van der Waals surface area contributed by atoms with Gasteiger partial charge in [0.25, 0.3) is 0 Å². The van der Waals surface area contributed by atoms with E-state index in [1.165, 1.54) is 19.2 Å². The average Bonchev–Trinajstić information content (AvgIpc) is 2.46. The summed E-state index contributed by atoms with van der Waals surface area (Å²) in [5.74, 6) is -1.91. The van der Waals surface area contributed by atoms with Crippen LogP contribution in [0.25, 0.3) is 11.3 Å². The second-order valence-corrected chi connectivity index (χ2v) is 3.96. The normalized spacial score (nSPS) is 10.1. The number of carboxylic acid groups (broad SMARTS) is 1. The number of hydrogen-bond acceptors (Lipinski definition) is 5. The fourth-order valence-electron chi connectivity index (χ4n) is 1.86. The van der Waals surface area contributed by atoms with Gasteiger partial charge in [0.1, 0.15) is 0 Å². The largest absolute Gasteiger partial charge is 0.478 e. The third kappa shape index (κ3) is 2.31. The Balaban J connectivity index is 2.73. The number of nitrogens with two attached hydrogens (primary N) is 1. The van der Waals surface area contributed by atoms with Crippen molar-refractivity contribution in [1.82, 2.24) is 4.98 Å².